The van der Waals surface area contributed by atoms with Gasteiger partial charge in [0.05, 0.1) is 4.75 Å². The lowest BCUT2D eigenvalue weighted by Crippen LogP contribution is -2.22. The van der Waals surface area contributed by atoms with Gasteiger partial charge in [0.2, 0.25) is 0 Å². The van der Waals surface area contributed by atoms with Gasteiger partial charge in [-0.05, 0) is 28.8 Å². The summed E-state index contributed by atoms with van der Waals surface area (Å²) >= 11 is 11.1. The number of hydrogen-bond donors (Lipinski definition) is 1. The standard InChI is InChI=1S/C19H15ClS/c20-18-13-11-17(12-14-18)19(21,15-7-3-1-4-8-15)16-9-5-2-6-10-16/h1-14,21H. The molecule has 21 heavy (non-hydrogen) atoms. The Morgan fingerprint density at radius 3 is 1.38 bits per heavy atom. The van der Waals surface area contributed by atoms with Gasteiger partial charge in [0.1, 0.15) is 0 Å². The van der Waals surface area contributed by atoms with Crippen LogP contribution in [0.25, 0.3) is 0 Å². The predicted molar refractivity (Wildman–Crippen MR) is 93.2 cm³/mol. The monoisotopic (exact) mass is 310 g/mol. The Hall–Kier alpha value is -1.70. The lowest BCUT2D eigenvalue weighted by Gasteiger charge is -2.30. The fourth-order valence-corrected chi connectivity index (χ4v) is 3.12. The quantitative estimate of drug-likeness (QED) is 0.475. The van der Waals surface area contributed by atoms with E-state index in [2.05, 4.69) is 24.3 Å². The van der Waals surface area contributed by atoms with Gasteiger partial charge in [0.25, 0.3) is 0 Å². The summed E-state index contributed by atoms with van der Waals surface area (Å²) in [5.74, 6) is 0. The second-order valence-electron chi connectivity index (χ2n) is 4.95. The summed E-state index contributed by atoms with van der Waals surface area (Å²) in [5, 5.41) is 0.732. The van der Waals surface area contributed by atoms with Crippen molar-refractivity contribution in [1.29, 1.82) is 0 Å². The molecule has 0 aromatic heterocycles. The number of hydrogen-bond acceptors (Lipinski definition) is 1. The molecule has 0 N–H and O–H groups in total. The second-order valence-corrected chi connectivity index (χ2v) is 6.06. The summed E-state index contributed by atoms with van der Waals surface area (Å²) in [6, 6.07) is 28.5. The highest BCUT2D eigenvalue weighted by Crippen LogP contribution is 2.42. The fraction of sp³-hybridized carbons (Fsp3) is 0.0526. The van der Waals surface area contributed by atoms with Gasteiger partial charge < -0.3 is 0 Å². The Morgan fingerprint density at radius 2 is 0.952 bits per heavy atom. The normalized spacial score (nSPS) is 11.3. The number of benzene rings is 3. The van der Waals surface area contributed by atoms with Crippen molar-refractivity contribution in [3.63, 3.8) is 0 Å². The lowest BCUT2D eigenvalue weighted by molar-refractivity contribution is 0.905. The minimum atomic E-state index is -0.493. The maximum absolute atomic E-state index is 6.03. The van der Waals surface area contributed by atoms with Crippen LogP contribution in [-0.2, 0) is 4.75 Å². The van der Waals surface area contributed by atoms with Gasteiger partial charge in [-0.3, -0.25) is 0 Å². The van der Waals surface area contributed by atoms with Crippen molar-refractivity contribution in [2.75, 3.05) is 0 Å². The van der Waals surface area contributed by atoms with Gasteiger partial charge in [-0.15, -0.1) is 0 Å². The maximum atomic E-state index is 6.03. The molecule has 0 aliphatic carbocycles. The molecule has 0 saturated carbocycles. The Morgan fingerprint density at radius 1 is 0.571 bits per heavy atom. The molecule has 0 spiro atoms. The van der Waals surface area contributed by atoms with E-state index in [0.717, 1.165) is 21.7 Å². The van der Waals surface area contributed by atoms with Crippen molar-refractivity contribution in [1.82, 2.24) is 0 Å². The molecule has 2 heteroatoms. The maximum Gasteiger partial charge on any atom is 0.0878 e. The first kappa shape index (κ1) is 14.2. The number of thiol groups is 1. The third kappa shape index (κ3) is 2.72. The molecule has 104 valence electrons. The zero-order chi connectivity index (χ0) is 14.7. The van der Waals surface area contributed by atoms with Gasteiger partial charge in [-0.1, -0.05) is 84.4 Å². The second kappa shape index (κ2) is 5.97. The van der Waals surface area contributed by atoms with E-state index < -0.39 is 4.75 Å². The van der Waals surface area contributed by atoms with Crippen LogP contribution in [0, 0.1) is 0 Å². The summed E-state index contributed by atoms with van der Waals surface area (Å²) in [4.78, 5) is 0. The molecule has 0 amide bonds. The highest BCUT2D eigenvalue weighted by atomic mass is 35.5. The molecule has 0 aliphatic rings. The predicted octanol–water partition coefficient (Wildman–Crippen LogP) is 5.56. The molecule has 0 nitrogen and oxygen atoms in total. The van der Waals surface area contributed by atoms with E-state index in [9.17, 15) is 0 Å². The zero-order valence-corrected chi connectivity index (χ0v) is 13.1. The van der Waals surface area contributed by atoms with Crippen LogP contribution in [0.1, 0.15) is 16.7 Å². The Bertz CT molecular complexity index is 666. The SMILES string of the molecule is SC(c1ccccc1)(c1ccccc1)c1ccc(Cl)cc1. The van der Waals surface area contributed by atoms with Gasteiger partial charge in [-0.2, -0.15) is 12.6 Å². The molecule has 0 heterocycles. The van der Waals surface area contributed by atoms with Crippen LogP contribution < -0.4 is 0 Å². The van der Waals surface area contributed by atoms with E-state index >= 15 is 0 Å². The van der Waals surface area contributed by atoms with Crippen LogP contribution in [0.4, 0.5) is 0 Å². The topological polar surface area (TPSA) is 0 Å². The first-order valence-corrected chi connectivity index (χ1v) is 7.63. The summed E-state index contributed by atoms with van der Waals surface area (Å²) < 4.78 is -0.493. The smallest absolute Gasteiger partial charge is 0.0878 e. The number of rotatable bonds is 3. The van der Waals surface area contributed by atoms with Crippen LogP contribution in [0.3, 0.4) is 0 Å². The Kier molecular flexibility index (Phi) is 4.05. The van der Waals surface area contributed by atoms with Crippen LogP contribution >= 0.6 is 24.2 Å². The van der Waals surface area contributed by atoms with E-state index in [0.29, 0.717) is 0 Å². The fourth-order valence-electron chi connectivity index (χ4n) is 2.55. The van der Waals surface area contributed by atoms with Crippen molar-refractivity contribution in [2.45, 2.75) is 4.75 Å². The summed E-state index contributed by atoms with van der Waals surface area (Å²) in [6.45, 7) is 0. The summed E-state index contributed by atoms with van der Waals surface area (Å²) in [5.41, 5.74) is 3.39. The molecule has 0 atom stereocenters. The highest BCUT2D eigenvalue weighted by molar-refractivity contribution is 7.81. The van der Waals surface area contributed by atoms with E-state index in [1.807, 2.05) is 60.7 Å². The molecule has 3 aromatic rings. The molecule has 0 aliphatic heterocycles. The average Bonchev–Trinajstić information content (AvgIpc) is 2.56. The van der Waals surface area contributed by atoms with Crippen LogP contribution in [0.5, 0.6) is 0 Å². The lowest BCUT2D eigenvalue weighted by atomic mass is 9.84. The molecular weight excluding hydrogens is 296 g/mol. The Labute approximate surface area is 135 Å². The van der Waals surface area contributed by atoms with E-state index in [1.54, 1.807) is 0 Å². The van der Waals surface area contributed by atoms with Gasteiger partial charge >= 0.3 is 0 Å². The third-order valence-corrected chi connectivity index (χ3v) is 4.67. The molecular formula is C19H15ClS. The van der Waals surface area contributed by atoms with Gasteiger partial charge in [0, 0.05) is 5.02 Å². The molecule has 0 unspecified atom stereocenters. The van der Waals surface area contributed by atoms with E-state index in [4.69, 9.17) is 24.2 Å². The summed E-state index contributed by atoms with van der Waals surface area (Å²) in [7, 11) is 0. The van der Waals surface area contributed by atoms with Gasteiger partial charge in [-0.25, -0.2) is 0 Å². The zero-order valence-electron chi connectivity index (χ0n) is 11.4. The third-order valence-electron chi connectivity index (χ3n) is 3.65. The van der Waals surface area contributed by atoms with Crippen LogP contribution in [0.15, 0.2) is 84.9 Å². The van der Waals surface area contributed by atoms with Crippen molar-refractivity contribution in [3.8, 4) is 0 Å². The van der Waals surface area contributed by atoms with E-state index in [-0.39, 0.29) is 0 Å². The van der Waals surface area contributed by atoms with Crippen molar-refractivity contribution < 1.29 is 0 Å². The average molecular weight is 311 g/mol. The van der Waals surface area contributed by atoms with E-state index in [1.165, 1.54) is 0 Å². The van der Waals surface area contributed by atoms with Gasteiger partial charge in [0.15, 0.2) is 0 Å². The number of halogens is 1. The molecule has 0 bridgehead atoms. The minimum Gasteiger partial charge on any atom is -0.158 e. The van der Waals surface area contributed by atoms with Crippen molar-refractivity contribution in [3.05, 3.63) is 107 Å². The largest absolute Gasteiger partial charge is 0.158 e. The first-order chi connectivity index (χ1) is 10.2. The van der Waals surface area contributed by atoms with Crippen molar-refractivity contribution in [2.24, 2.45) is 0 Å². The molecule has 3 aromatic carbocycles. The van der Waals surface area contributed by atoms with Crippen LogP contribution in [0.2, 0.25) is 5.02 Å². The molecule has 0 fully saturated rings. The van der Waals surface area contributed by atoms with Crippen molar-refractivity contribution >= 4 is 24.2 Å². The first-order valence-electron chi connectivity index (χ1n) is 6.81. The highest BCUT2D eigenvalue weighted by Gasteiger charge is 2.31. The minimum absolute atomic E-state index is 0.493. The van der Waals surface area contributed by atoms with Crippen LogP contribution in [-0.4, -0.2) is 0 Å². The summed E-state index contributed by atoms with van der Waals surface area (Å²) in [6.07, 6.45) is 0. The molecule has 0 saturated heterocycles. The molecule has 0 radical (unpaired) electrons. The Balaban J connectivity index is 2.23. The molecule has 3 rings (SSSR count).